The van der Waals surface area contributed by atoms with Crippen LogP contribution >= 0.6 is 0 Å². The first kappa shape index (κ1) is 9.04. The first-order valence-electron chi connectivity index (χ1n) is 4.38. The van der Waals surface area contributed by atoms with E-state index in [1.54, 1.807) is 6.92 Å². The van der Waals surface area contributed by atoms with Gasteiger partial charge in [0, 0.05) is 0 Å². The topological polar surface area (TPSA) is 32.6 Å². The van der Waals surface area contributed by atoms with Gasteiger partial charge in [0.1, 0.15) is 0 Å². The Morgan fingerprint density at radius 2 is 2.42 bits per heavy atom. The van der Waals surface area contributed by atoms with E-state index in [4.69, 9.17) is 5.21 Å². The molecule has 0 heterocycles. The molecule has 1 rings (SSSR count). The zero-order valence-electron chi connectivity index (χ0n) is 7.45. The smallest absolute Gasteiger partial charge is 0.0764 e. The number of hydrogen-bond donors (Lipinski definition) is 1. The lowest BCUT2D eigenvalue weighted by molar-refractivity contribution is 0.319. The fourth-order valence-corrected chi connectivity index (χ4v) is 1.28. The highest BCUT2D eigenvalue weighted by atomic mass is 16.4. The van der Waals surface area contributed by atoms with Crippen LogP contribution in [0.5, 0.6) is 0 Å². The number of oxime groups is 1. The van der Waals surface area contributed by atoms with Crippen LogP contribution in [0.25, 0.3) is 0 Å². The second kappa shape index (κ2) is 4.75. The standard InChI is InChI=1S/C10H15NO/c1-9(11-12)7-8-10-5-3-2-4-6-10/h5,7-8,12H,2-4,6H2,1H3/b8-7+,11-9+. The summed E-state index contributed by atoms with van der Waals surface area (Å²) in [5.41, 5.74) is 2.02. The molecule has 12 heavy (non-hydrogen) atoms. The Kier molecular flexibility index (Phi) is 3.58. The molecule has 0 radical (unpaired) electrons. The first-order chi connectivity index (χ1) is 5.83. The quantitative estimate of drug-likeness (QED) is 0.381. The van der Waals surface area contributed by atoms with Gasteiger partial charge < -0.3 is 5.21 Å². The molecule has 0 aliphatic heterocycles. The maximum absolute atomic E-state index is 8.38. The third kappa shape index (κ3) is 2.91. The molecule has 0 amide bonds. The van der Waals surface area contributed by atoms with Gasteiger partial charge in [-0.25, -0.2) is 0 Å². The lowest BCUT2D eigenvalue weighted by Crippen LogP contribution is -1.90. The van der Waals surface area contributed by atoms with Crippen molar-refractivity contribution in [2.45, 2.75) is 32.6 Å². The van der Waals surface area contributed by atoms with Crippen molar-refractivity contribution in [3.63, 3.8) is 0 Å². The van der Waals surface area contributed by atoms with E-state index in [0.29, 0.717) is 5.71 Å². The molecule has 1 N–H and O–H groups in total. The van der Waals surface area contributed by atoms with Gasteiger partial charge in [0.05, 0.1) is 5.71 Å². The van der Waals surface area contributed by atoms with Crippen LogP contribution in [0.15, 0.2) is 29.0 Å². The minimum Gasteiger partial charge on any atom is -0.411 e. The third-order valence-electron chi connectivity index (χ3n) is 2.02. The van der Waals surface area contributed by atoms with Crippen molar-refractivity contribution in [2.24, 2.45) is 5.16 Å². The van der Waals surface area contributed by atoms with E-state index in [0.717, 1.165) is 6.42 Å². The molecule has 0 unspecified atom stereocenters. The van der Waals surface area contributed by atoms with E-state index in [2.05, 4.69) is 11.2 Å². The number of allylic oxidation sites excluding steroid dienone is 4. The predicted octanol–water partition coefficient (Wildman–Crippen LogP) is 2.89. The van der Waals surface area contributed by atoms with Crippen LogP contribution in [-0.2, 0) is 0 Å². The Bertz CT molecular complexity index is 226. The molecule has 2 nitrogen and oxygen atoms in total. The number of rotatable bonds is 2. The summed E-state index contributed by atoms with van der Waals surface area (Å²) >= 11 is 0. The molecular formula is C10H15NO. The predicted molar refractivity (Wildman–Crippen MR) is 50.6 cm³/mol. The molecule has 0 atom stereocenters. The second-order valence-corrected chi connectivity index (χ2v) is 3.10. The summed E-state index contributed by atoms with van der Waals surface area (Å²) in [5.74, 6) is 0. The largest absolute Gasteiger partial charge is 0.411 e. The van der Waals surface area contributed by atoms with Crippen molar-refractivity contribution in [1.29, 1.82) is 0 Å². The zero-order chi connectivity index (χ0) is 8.81. The van der Waals surface area contributed by atoms with Gasteiger partial charge >= 0.3 is 0 Å². The summed E-state index contributed by atoms with van der Waals surface area (Å²) in [6.07, 6.45) is 11.1. The summed E-state index contributed by atoms with van der Waals surface area (Å²) in [4.78, 5) is 0. The van der Waals surface area contributed by atoms with E-state index in [-0.39, 0.29) is 0 Å². The molecule has 0 aromatic carbocycles. The summed E-state index contributed by atoms with van der Waals surface area (Å²) in [7, 11) is 0. The van der Waals surface area contributed by atoms with Gasteiger partial charge in [0.2, 0.25) is 0 Å². The monoisotopic (exact) mass is 165 g/mol. The summed E-state index contributed by atoms with van der Waals surface area (Å²) in [6.45, 7) is 1.78. The normalized spacial score (nSPS) is 19.8. The van der Waals surface area contributed by atoms with E-state index < -0.39 is 0 Å². The molecule has 0 aromatic rings. The van der Waals surface area contributed by atoms with Crippen molar-refractivity contribution >= 4 is 5.71 Å². The Balaban J connectivity index is 2.49. The van der Waals surface area contributed by atoms with Crippen LogP contribution in [-0.4, -0.2) is 10.9 Å². The van der Waals surface area contributed by atoms with Crippen LogP contribution in [0, 0.1) is 0 Å². The van der Waals surface area contributed by atoms with Crippen molar-refractivity contribution in [3.05, 3.63) is 23.8 Å². The Morgan fingerprint density at radius 1 is 1.58 bits per heavy atom. The SMILES string of the molecule is CC(/C=C/C1=CCCCC1)=N\O. The van der Waals surface area contributed by atoms with E-state index in [1.165, 1.54) is 24.8 Å². The Morgan fingerprint density at radius 3 is 3.00 bits per heavy atom. The molecule has 2 heteroatoms. The van der Waals surface area contributed by atoms with Crippen LogP contribution in [0.2, 0.25) is 0 Å². The van der Waals surface area contributed by atoms with Crippen LogP contribution < -0.4 is 0 Å². The van der Waals surface area contributed by atoms with Crippen molar-refractivity contribution in [3.8, 4) is 0 Å². The summed E-state index contributed by atoms with van der Waals surface area (Å²) < 4.78 is 0. The van der Waals surface area contributed by atoms with Crippen LogP contribution in [0.4, 0.5) is 0 Å². The van der Waals surface area contributed by atoms with Crippen LogP contribution in [0.1, 0.15) is 32.6 Å². The fourth-order valence-electron chi connectivity index (χ4n) is 1.28. The molecule has 0 aromatic heterocycles. The highest BCUT2D eigenvalue weighted by molar-refractivity contribution is 5.92. The fraction of sp³-hybridized carbons (Fsp3) is 0.500. The van der Waals surface area contributed by atoms with Crippen molar-refractivity contribution in [2.75, 3.05) is 0 Å². The van der Waals surface area contributed by atoms with E-state index in [1.807, 2.05) is 12.2 Å². The van der Waals surface area contributed by atoms with Gasteiger partial charge in [-0.05, 0) is 38.7 Å². The van der Waals surface area contributed by atoms with Crippen molar-refractivity contribution < 1.29 is 5.21 Å². The molecule has 1 aliphatic rings. The van der Waals surface area contributed by atoms with E-state index >= 15 is 0 Å². The highest BCUT2D eigenvalue weighted by Gasteiger charge is 1.99. The second-order valence-electron chi connectivity index (χ2n) is 3.10. The van der Waals surface area contributed by atoms with Gasteiger partial charge in [-0.1, -0.05) is 22.9 Å². The summed E-state index contributed by atoms with van der Waals surface area (Å²) in [5, 5.41) is 11.5. The maximum atomic E-state index is 8.38. The lowest BCUT2D eigenvalue weighted by atomic mass is 9.99. The molecule has 1 aliphatic carbocycles. The highest BCUT2D eigenvalue weighted by Crippen LogP contribution is 2.17. The third-order valence-corrected chi connectivity index (χ3v) is 2.02. The number of hydrogen-bond acceptors (Lipinski definition) is 2. The zero-order valence-corrected chi connectivity index (χ0v) is 7.45. The molecule has 0 saturated carbocycles. The summed E-state index contributed by atoms with van der Waals surface area (Å²) in [6, 6.07) is 0. The van der Waals surface area contributed by atoms with Gasteiger partial charge in [0.25, 0.3) is 0 Å². The van der Waals surface area contributed by atoms with Crippen molar-refractivity contribution in [1.82, 2.24) is 0 Å². The van der Waals surface area contributed by atoms with Gasteiger partial charge in [-0.2, -0.15) is 0 Å². The molecule has 0 spiro atoms. The number of nitrogens with zero attached hydrogens (tertiary/aromatic N) is 1. The Labute approximate surface area is 73.3 Å². The molecule has 0 saturated heterocycles. The minimum atomic E-state index is 0.654. The van der Waals surface area contributed by atoms with Gasteiger partial charge in [0.15, 0.2) is 0 Å². The molecule has 0 fully saturated rings. The van der Waals surface area contributed by atoms with Gasteiger partial charge in [-0.15, -0.1) is 0 Å². The van der Waals surface area contributed by atoms with E-state index in [9.17, 15) is 0 Å². The molecule has 66 valence electrons. The van der Waals surface area contributed by atoms with Crippen LogP contribution in [0.3, 0.4) is 0 Å². The molecule has 0 bridgehead atoms. The van der Waals surface area contributed by atoms with Gasteiger partial charge in [-0.3, -0.25) is 0 Å². The lowest BCUT2D eigenvalue weighted by Gasteiger charge is -2.07. The Hall–Kier alpha value is -1.05. The average Bonchev–Trinajstić information content (AvgIpc) is 2.16. The maximum Gasteiger partial charge on any atom is 0.0764 e. The minimum absolute atomic E-state index is 0.654. The first-order valence-corrected chi connectivity index (χ1v) is 4.38. The molecular weight excluding hydrogens is 150 g/mol. The average molecular weight is 165 g/mol.